The van der Waals surface area contributed by atoms with Gasteiger partial charge in [0.1, 0.15) is 5.82 Å². The van der Waals surface area contributed by atoms with Crippen LogP contribution in [0, 0.1) is 5.82 Å². The Hall–Kier alpha value is -2.07. The highest BCUT2D eigenvalue weighted by Gasteiger charge is 2.14. The van der Waals surface area contributed by atoms with E-state index in [4.69, 9.17) is 9.47 Å². The number of benzene rings is 2. The fourth-order valence-corrected chi connectivity index (χ4v) is 2.37. The molecule has 0 bridgehead atoms. The van der Waals surface area contributed by atoms with Gasteiger partial charge in [-0.05, 0) is 12.1 Å². The number of halogens is 1. The Morgan fingerprint density at radius 2 is 1.67 bits per heavy atom. The molecular weight excluding hydrogens is 269 g/mol. The van der Waals surface area contributed by atoms with Gasteiger partial charge < -0.3 is 14.8 Å². The number of fused-ring (bicyclic) bond motifs is 1. The van der Waals surface area contributed by atoms with Gasteiger partial charge in [-0.15, -0.1) is 0 Å². The molecule has 1 aliphatic heterocycles. The molecule has 1 heterocycles. The van der Waals surface area contributed by atoms with Gasteiger partial charge in [0.05, 0.1) is 13.2 Å². The van der Waals surface area contributed by atoms with Crippen molar-refractivity contribution in [2.75, 3.05) is 13.2 Å². The van der Waals surface area contributed by atoms with Crippen molar-refractivity contribution in [2.45, 2.75) is 19.5 Å². The van der Waals surface area contributed by atoms with Crippen LogP contribution in [0.5, 0.6) is 11.5 Å². The lowest BCUT2D eigenvalue weighted by molar-refractivity contribution is 0.296. The monoisotopic (exact) mass is 287 g/mol. The second-order valence-electron chi connectivity index (χ2n) is 4.99. The fraction of sp³-hybridized carbons (Fsp3) is 0.294. The van der Waals surface area contributed by atoms with E-state index in [-0.39, 0.29) is 5.82 Å². The van der Waals surface area contributed by atoms with Gasteiger partial charge in [-0.1, -0.05) is 30.3 Å². The minimum Gasteiger partial charge on any atom is -0.490 e. The third-order valence-electron chi connectivity index (χ3n) is 3.44. The van der Waals surface area contributed by atoms with Crippen LogP contribution in [-0.4, -0.2) is 13.2 Å². The van der Waals surface area contributed by atoms with Gasteiger partial charge in [0.15, 0.2) is 11.5 Å². The Kier molecular flexibility index (Phi) is 4.36. The summed E-state index contributed by atoms with van der Waals surface area (Å²) in [5.74, 6) is 1.41. The van der Waals surface area contributed by atoms with Gasteiger partial charge in [0.2, 0.25) is 0 Å². The summed E-state index contributed by atoms with van der Waals surface area (Å²) in [6.07, 6.45) is 0.886. The van der Waals surface area contributed by atoms with Gasteiger partial charge in [-0.3, -0.25) is 0 Å². The summed E-state index contributed by atoms with van der Waals surface area (Å²) in [6.45, 7) is 2.44. The van der Waals surface area contributed by atoms with E-state index in [1.54, 1.807) is 12.1 Å². The van der Waals surface area contributed by atoms with E-state index in [1.165, 1.54) is 6.07 Å². The first-order chi connectivity index (χ1) is 10.3. The zero-order chi connectivity index (χ0) is 14.5. The SMILES string of the molecule is Fc1ccccc1CNCc1cccc2c1OCCCO2. The molecular formula is C17H18FNO2. The van der Waals surface area contributed by atoms with E-state index in [0.29, 0.717) is 31.9 Å². The highest BCUT2D eigenvalue weighted by molar-refractivity contribution is 5.47. The van der Waals surface area contributed by atoms with Crippen molar-refractivity contribution in [2.24, 2.45) is 0 Å². The summed E-state index contributed by atoms with van der Waals surface area (Å²) in [5.41, 5.74) is 1.70. The molecule has 3 rings (SSSR count). The van der Waals surface area contributed by atoms with Crippen molar-refractivity contribution in [3.63, 3.8) is 0 Å². The molecule has 0 aromatic heterocycles. The summed E-state index contributed by atoms with van der Waals surface area (Å²) in [7, 11) is 0. The van der Waals surface area contributed by atoms with E-state index < -0.39 is 0 Å². The van der Waals surface area contributed by atoms with Gasteiger partial charge in [-0.25, -0.2) is 4.39 Å². The van der Waals surface area contributed by atoms with Crippen molar-refractivity contribution in [1.29, 1.82) is 0 Å². The molecule has 0 fully saturated rings. The van der Waals surface area contributed by atoms with Crippen LogP contribution in [0.4, 0.5) is 4.39 Å². The van der Waals surface area contributed by atoms with Crippen molar-refractivity contribution >= 4 is 0 Å². The Morgan fingerprint density at radius 3 is 2.57 bits per heavy atom. The Balaban J connectivity index is 1.67. The van der Waals surface area contributed by atoms with E-state index in [2.05, 4.69) is 5.32 Å². The largest absolute Gasteiger partial charge is 0.490 e. The molecule has 110 valence electrons. The second kappa shape index (κ2) is 6.59. The highest BCUT2D eigenvalue weighted by Crippen LogP contribution is 2.33. The van der Waals surface area contributed by atoms with Crippen LogP contribution in [-0.2, 0) is 13.1 Å². The molecule has 4 heteroatoms. The molecule has 0 atom stereocenters. The minimum absolute atomic E-state index is 0.184. The van der Waals surface area contributed by atoms with Crippen LogP contribution >= 0.6 is 0 Å². The average molecular weight is 287 g/mol. The lowest BCUT2D eigenvalue weighted by atomic mass is 10.1. The number of hydrogen-bond acceptors (Lipinski definition) is 3. The van der Waals surface area contributed by atoms with E-state index >= 15 is 0 Å². The zero-order valence-corrected chi connectivity index (χ0v) is 11.8. The molecule has 0 saturated carbocycles. The smallest absolute Gasteiger partial charge is 0.165 e. The Bertz CT molecular complexity index is 615. The number of para-hydroxylation sites is 1. The second-order valence-corrected chi connectivity index (χ2v) is 4.99. The van der Waals surface area contributed by atoms with Crippen LogP contribution in [0.25, 0.3) is 0 Å². The summed E-state index contributed by atoms with van der Waals surface area (Å²) in [6, 6.07) is 12.7. The van der Waals surface area contributed by atoms with Crippen molar-refractivity contribution in [1.82, 2.24) is 5.32 Å². The van der Waals surface area contributed by atoms with Gasteiger partial charge in [-0.2, -0.15) is 0 Å². The molecule has 0 aliphatic carbocycles. The maximum absolute atomic E-state index is 13.6. The normalized spacial score (nSPS) is 13.8. The average Bonchev–Trinajstić information content (AvgIpc) is 2.75. The topological polar surface area (TPSA) is 30.5 Å². The molecule has 1 aliphatic rings. The molecule has 0 spiro atoms. The number of nitrogens with one attached hydrogen (secondary N) is 1. The molecule has 0 unspecified atom stereocenters. The first-order valence-electron chi connectivity index (χ1n) is 7.16. The van der Waals surface area contributed by atoms with Crippen LogP contribution in [0.15, 0.2) is 42.5 Å². The Labute approximate surface area is 123 Å². The highest BCUT2D eigenvalue weighted by atomic mass is 19.1. The maximum Gasteiger partial charge on any atom is 0.165 e. The molecule has 0 radical (unpaired) electrons. The molecule has 2 aromatic rings. The number of ether oxygens (including phenoxy) is 2. The zero-order valence-electron chi connectivity index (χ0n) is 11.8. The van der Waals surface area contributed by atoms with Gasteiger partial charge in [0, 0.05) is 30.6 Å². The summed E-state index contributed by atoms with van der Waals surface area (Å²) in [4.78, 5) is 0. The van der Waals surface area contributed by atoms with Crippen molar-refractivity contribution in [3.8, 4) is 11.5 Å². The lowest BCUT2D eigenvalue weighted by Gasteiger charge is -2.13. The standard InChI is InChI=1S/C17H18FNO2/c18-15-7-2-1-5-13(15)11-19-12-14-6-3-8-16-17(14)21-10-4-9-20-16/h1-3,5-8,19H,4,9-12H2. The quantitative estimate of drug-likeness (QED) is 0.936. The van der Waals surface area contributed by atoms with E-state index in [9.17, 15) is 4.39 Å². The predicted octanol–water partition coefficient (Wildman–Crippen LogP) is 3.28. The summed E-state index contributed by atoms with van der Waals surface area (Å²) < 4.78 is 25.0. The third-order valence-corrected chi connectivity index (χ3v) is 3.44. The lowest BCUT2D eigenvalue weighted by Crippen LogP contribution is -2.14. The third kappa shape index (κ3) is 3.34. The van der Waals surface area contributed by atoms with Crippen LogP contribution < -0.4 is 14.8 Å². The molecule has 2 aromatic carbocycles. The molecule has 1 N–H and O–H groups in total. The molecule has 3 nitrogen and oxygen atoms in total. The molecule has 21 heavy (non-hydrogen) atoms. The van der Waals surface area contributed by atoms with Crippen LogP contribution in [0.1, 0.15) is 17.5 Å². The first kappa shape index (κ1) is 13.9. The summed E-state index contributed by atoms with van der Waals surface area (Å²) >= 11 is 0. The first-order valence-corrected chi connectivity index (χ1v) is 7.16. The molecule has 0 amide bonds. The van der Waals surface area contributed by atoms with Crippen molar-refractivity contribution in [3.05, 3.63) is 59.4 Å². The van der Waals surface area contributed by atoms with E-state index in [0.717, 1.165) is 23.5 Å². The van der Waals surface area contributed by atoms with Gasteiger partial charge >= 0.3 is 0 Å². The fourth-order valence-electron chi connectivity index (χ4n) is 2.37. The van der Waals surface area contributed by atoms with E-state index in [1.807, 2.05) is 24.3 Å². The minimum atomic E-state index is -0.184. The number of rotatable bonds is 4. The van der Waals surface area contributed by atoms with Crippen LogP contribution in [0.2, 0.25) is 0 Å². The Morgan fingerprint density at radius 1 is 0.905 bits per heavy atom. The van der Waals surface area contributed by atoms with Gasteiger partial charge in [0.25, 0.3) is 0 Å². The van der Waals surface area contributed by atoms with Crippen molar-refractivity contribution < 1.29 is 13.9 Å². The maximum atomic E-state index is 13.6. The predicted molar refractivity (Wildman–Crippen MR) is 79.0 cm³/mol. The summed E-state index contributed by atoms with van der Waals surface area (Å²) in [5, 5.41) is 3.25. The van der Waals surface area contributed by atoms with Crippen LogP contribution in [0.3, 0.4) is 0 Å². The number of hydrogen-bond donors (Lipinski definition) is 1. The molecule has 0 saturated heterocycles.